The van der Waals surface area contributed by atoms with Crippen LogP contribution in [0.15, 0.2) is 48.5 Å². The molecule has 2 amide bonds. The van der Waals surface area contributed by atoms with Crippen LogP contribution in [0.4, 0.5) is 10.1 Å². The Morgan fingerprint density at radius 1 is 1.18 bits per heavy atom. The van der Waals surface area contributed by atoms with Gasteiger partial charge in [0.1, 0.15) is 5.82 Å². The van der Waals surface area contributed by atoms with Crippen LogP contribution in [0.25, 0.3) is 0 Å². The van der Waals surface area contributed by atoms with Gasteiger partial charge in [-0.05, 0) is 54.2 Å². The van der Waals surface area contributed by atoms with Gasteiger partial charge in [0.25, 0.3) is 0 Å². The zero-order valence-electron chi connectivity index (χ0n) is 16.5. The van der Waals surface area contributed by atoms with Crippen molar-refractivity contribution in [3.63, 3.8) is 0 Å². The van der Waals surface area contributed by atoms with Gasteiger partial charge in [0.05, 0.1) is 5.92 Å². The molecule has 0 bridgehead atoms. The van der Waals surface area contributed by atoms with Gasteiger partial charge < -0.3 is 10.2 Å². The summed E-state index contributed by atoms with van der Waals surface area (Å²) in [6.45, 7) is 5.30. The number of hydrogen-bond donors (Lipinski definition) is 1. The second kappa shape index (κ2) is 9.00. The second-order valence-electron chi connectivity index (χ2n) is 7.54. The largest absolute Gasteiger partial charge is 0.342 e. The number of amides is 2. The lowest BCUT2D eigenvalue weighted by Crippen LogP contribution is -2.30. The molecule has 1 N–H and O–H groups in total. The van der Waals surface area contributed by atoms with Gasteiger partial charge >= 0.3 is 0 Å². The molecule has 148 valence electrons. The van der Waals surface area contributed by atoms with E-state index in [0.717, 1.165) is 17.7 Å². The summed E-state index contributed by atoms with van der Waals surface area (Å²) in [6, 6.07) is 14.2. The average Bonchev–Trinajstić information content (AvgIpc) is 3.08. The standard InChI is InChI=1S/C23H27FN2O2/c1-3-16(2)18-6-10-21(11-7-18)25-23(28)19-14-22(27)26(15-19)13-12-17-4-8-20(24)9-5-17/h4-11,16,19H,3,12-15H2,1-2H3,(H,25,28)/t16-,19+/m0/s1. The fourth-order valence-corrected chi connectivity index (χ4v) is 3.45. The van der Waals surface area contributed by atoms with Gasteiger partial charge in [0.2, 0.25) is 11.8 Å². The highest BCUT2D eigenvalue weighted by Crippen LogP contribution is 2.23. The third-order valence-electron chi connectivity index (χ3n) is 5.53. The number of hydrogen-bond acceptors (Lipinski definition) is 2. The van der Waals surface area contributed by atoms with Crippen LogP contribution in [0.3, 0.4) is 0 Å². The Bertz CT molecular complexity index is 818. The van der Waals surface area contributed by atoms with Crippen molar-refractivity contribution in [2.75, 3.05) is 18.4 Å². The minimum Gasteiger partial charge on any atom is -0.342 e. The molecule has 2 atom stereocenters. The van der Waals surface area contributed by atoms with Crippen LogP contribution in [-0.2, 0) is 16.0 Å². The number of nitrogens with zero attached hydrogens (tertiary/aromatic N) is 1. The van der Waals surface area contributed by atoms with Crippen molar-refractivity contribution in [3.05, 3.63) is 65.5 Å². The van der Waals surface area contributed by atoms with Gasteiger partial charge in [0, 0.05) is 25.2 Å². The number of nitrogens with one attached hydrogen (secondary N) is 1. The van der Waals surface area contributed by atoms with Crippen LogP contribution in [0.2, 0.25) is 0 Å². The van der Waals surface area contributed by atoms with Crippen LogP contribution < -0.4 is 5.32 Å². The van der Waals surface area contributed by atoms with Crippen molar-refractivity contribution >= 4 is 17.5 Å². The van der Waals surface area contributed by atoms with Crippen molar-refractivity contribution in [1.29, 1.82) is 0 Å². The Hall–Kier alpha value is -2.69. The van der Waals surface area contributed by atoms with Crippen LogP contribution in [0.1, 0.15) is 43.7 Å². The highest BCUT2D eigenvalue weighted by atomic mass is 19.1. The summed E-state index contributed by atoms with van der Waals surface area (Å²) in [5.74, 6) is -0.236. The van der Waals surface area contributed by atoms with E-state index in [1.807, 2.05) is 24.3 Å². The molecule has 0 radical (unpaired) electrons. The zero-order valence-corrected chi connectivity index (χ0v) is 16.5. The van der Waals surface area contributed by atoms with Crippen molar-refractivity contribution in [3.8, 4) is 0 Å². The van der Waals surface area contributed by atoms with E-state index in [0.29, 0.717) is 25.4 Å². The van der Waals surface area contributed by atoms with E-state index in [1.165, 1.54) is 17.7 Å². The Morgan fingerprint density at radius 2 is 1.86 bits per heavy atom. The van der Waals surface area contributed by atoms with Crippen LogP contribution in [0.5, 0.6) is 0 Å². The quantitative estimate of drug-likeness (QED) is 0.773. The summed E-state index contributed by atoms with van der Waals surface area (Å²) >= 11 is 0. The highest BCUT2D eigenvalue weighted by molar-refractivity contribution is 5.97. The Kier molecular flexibility index (Phi) is 6.45. The molecular formula is C23H27FN2O2. The van der Waals surface area contributed by atoms with Gasteiger partial charge in [-0.3, -0.25) is 9.59 Å². The van der Waals surface area contributed by atoms with E-state index in [9.17, 15) is 14.0 Å². The molecule has 28 heavy (non-hydrogen) atoms. The number of carbonyl (C=O) groups is 2. The number of rotatable bonds is 7. The molecule has 0 saturated carbocycles. The fourth-order valence-electron chi connectivity index (χ4n) is 3.45. The molecule has 0 aromatic heterocycles. The van der Waals surface area contributed by atoms with E-state index >= 15 is 0 Å². The van der Waals surface area contributed by atoms with E-state index in [-0.39, 0.29) is 30.0 Å². The molecule has 2 aromatic carbocycles. The van der Waals surface area contributed by atoms with E-state index in [4.69, 9.17) is 0 Å². The summed E-state index contributed by atoms with van der Waals surface area (Å²) < 4.78 is 13.0. The number of anilines is 1. The smallest absolute Gasteiger partial charge is 0.229 e. The van der Waals surface area contributed by atoms with Crippen LogP contribution >= 0.6 is 0 Å². The molecule has 3 rings (SSSR count). The first kappa shape index (κ1) is 20.1. The third kappa shape index (κ3) is 4.97. The Balaban J connectivity index is 1.52. The van der Waals surface area contributed by atoms with Crippen molar-refractivity contribution < 1.29 is 14.0 Å². The molecule has 0 spiro atoms. The van der Waals surface area contributed by atoms with Gasteiger partial charge in [-0.25, -0.2) is 4.39 Å². The molecule has 1 aliphatic heterocycles. The van der Waals surface area contributed by atoms with Gasteiger partial charge in [0.15, 0.2) is 0 Å². The number of carbonyl (C=O) groups excluding carboxylic acids is 2. The third-order valence-corrected chi connectivity index (χ3v) is 5.53. The molecular weight excluding hydrogens is 355 g/mol. The van der Waals surface area contributed by atoms with E-state index < -0.39 is 0 Å². The van der Waals surface area contributed by atoms with Crippen molar-refractivity contribution in [1.82, 2.24) is 4.90 Å². The first-order chi connectivity index (χ1) is 13.5. The van der Waals surface area contributed by atoms with E-state index in [2.05, 4.69) is 19.2 Å². The first-order valence-corrected chi connectivity index (χ1v) is 9.89. The predicted molar refractivity (Wildman–Crippen MR) is 109 cm³/mol. The molecule has 1 heterocycles. The minimum absolute atomic E-state index is 0.00520. The lowest BCUT2D eigenvalue weighted by Gasteiger charge is -2.17. The normalized spacial score (nSPS) is 17.6. The van der Waals surface area contributed by atoms with Crippen LogP contribution in [-0.4, -0.2) is 29.8 Å². The van der Waals surface area contributed by atoms with Crippen LogP contribution in [0, 0.1) is 11.7 Å². The van der Waals surface area contributed by atoms with Gasteiger partial charge in [-0.2, -0.15) is 0 Å². The molecule has 0 aliphatic carbocycles. The lowest BCUT2D eigenvalue weighted by atomic mass is 9.98. The summed E-state index contributed by atoms with van der Waals surface area (Å²) in [6.07, 6.45) is 1.96. The van der Waals surface area contributed by atoms with Gasteiger partial charge in [-0.15, -0.1) is 0 Å². The molecule has 0 unspecified atom stereocenters. The lowest BCUT2D eigenvalue weighted by molar-refractivity contribution is -0.128. The van der Waals surface area contributed by atoms with Gasteiger partial charge in [-0.1, -0.05) is 38.1 Å². The van der Waals surface area contributed by atoms with E-state index in [1.54, 1.807) is 17.0 Å². The SMILES string of the molecule is CC[C@H](C)c1ccc(NC(=O)[C@@H]2CC(=O)N(CCc3ccc(F)cc3)C2)cc1. The van der Waals surface area contributed by atoms with Crippen molar-refractivity contribution in [2.45, 2.75) is 39.0 Å². The number of halogens is 1. The number of benzene rings is 2. The second-order valence-corrected chi connectivity index (χ2v) is 7.54. The minimum atomic E-state index is -0.338. The molecule has 1 aliphatic rings. The van der Waals surface area contributed by atoms with Crippen molar-refractivity contribution in [2.24, 2.45) is 5.92 Å². The highest BCUT2D eigenvalue weighted by Gasteiger charge is 2.34. The Labute approximate surface area is 165 Å². The molecule has 1 fully saturated rings. The fraction of sp³-hybridized carbons (Fsp3) is 0.391. The first-order valence-electron chi connectivity index (χ1n) is 9.89. The number of likely N-dealkylation sites (tertiary alicyclic amines) is 1. The zero-order chi connectivity index (χ0) is 20.1. The maximum Gasteiger partial charge on any atom is 0.229 e. The predicted octanol–water partition coefficient (Wildman–Crippen LogP) is 4.37. The summed E-state index contributed by atoms with van der Waals surface area (Å²) in [5, 5.41) is 2.93. The summed E-state index contributed by atoms with van der Waals surface area (Å²) in [4.78, 5) is 26.5. The topological polar surface area (TPSA) is 49.4 Å². The average molecular weight is 382 g/mol. The maximum absolute atomic E-state index is 13.0. The summed E-state index contributed by atoms with van der Waals surface area (Å²) in [7, 11) is 0. The monoisotopic (exact) mass is 382 g/mol. The Morgan fingerprint density at radius 3 is 2.50 bits per heavy atom. The molecule has 5 heteroatoms. The molecule has 1 saturated heterocycles. The maximum atomic E-state index is 13.0. The summed E-state index contributed by atoms with van der Waals surface area (Å²) in [5.41, 5.74) is 2.99. The molecule has 2 aromatic rings. The molecule has 4 nitrogen and oxygen atoms in total.